The minimum atomic E-state index is -0.352. The van der Waals surface area contributed by atoms with Gasteiger partial charge in [0.2, 0.25) is 0 Å². The highest BCUT2D eigenvalue weighted by Crippen LogP contribution is 2.28. The molecule has 2 atom stereocenters. The van der Waals surface area contributed by atoms with Gasteiger partial charge < -0.3 is 9.84 Å². The highest BCUT2D eigenvalue weighted by atomic mass is 16.5. The largest absolute Gasteiger partial charge is 0.487 e. The lowest BCUT2D eigenvalue weighted by Crippen LogP contribution is -2.30. The van der Waals surface area contributed by atoms with Crippen LogP contribution in [0.4, 0.5) is 0 Å². The molecule has 0 amide bonds. The molecule has 2 aromatic rings. The van der Waals surface area contributed by atoms with Crippen LogP contribution in [0.2, 0.25) is 0 Å². The van der Waals surface area contributed by atoms with Gasteiger partial charge in [0.25, 0.3) is 0 Å². The summed E-state index contributed by atoms with van der Waals surface area (Å²) in [6, 6.07) is 9.82. The van der Waals surface area contributed by atoms with E-state index in [1.807, 2.05) is 30.3 Å². The summed E-state index contributed by atoms with van der Waals surface area (Å²) in [6.45, 7) is 0. The maximum atomic E-state index is 10.1. The smallest absolute Gasteiger partial charge is 0.129 e. The molecule has 1 aliphatic rings. The predicted molar refractivity (Wildman–Crippen MR) is 75.3 cm³/mol. The number of aliphatic hydroxyl groups is 1. The Hall–Kier alpha value is -1.61. The lowest BCUT2D eigenvalue weighted by atomic mass is 10.1. The fourth-order valence-corrected chi connectivity index (χ4v) is 2.73. The van der Waals surface area contributed by atoms with Gasteiger partial charge in [0.1, 0.15) is 11.9 Å². The van der Waals surface area contributed by atoms with Crippen LogP contribution in [0.5, 0.6) is 5.75 Å². The van der Waals surface area contributed by atoms with Crippen LogP contribution in [0.1, 0.15) is 32.1 Å². The summed E-state index contributed by atoms with van der Waals surface area (Å²) in [4.78, 5) is 4.33. The molecule has 1 aromatic heterocycles. The summed E-state index contributed by atoms with van der Waals surface area (Å²) in [6.07, 6.45) is 6.53. The SMILES string of the molecule is OC1CCCCCC1Oc1cccc2ncccc12. The van der Waals surface area contributed by atoms with E-state index in [1.165, 1.54) is 6.42 Å². The van der Waals surface area contributed by atoms with Gasteiger partial charge in [-0.3, -0.25) is 4.98 Å². The molecule has 1 heterocycles. The van der Waals surface area contributed by atoms with Crippen molar-refractivity contribution in [3.8, 4) is 5.75 Å². The highest BCUT2D eigenvalue weighted by Gasteiger charge is 2.23. The average Bonchev–Trinajstić information content (AvgIpc) is 2.65. The maximum absolute atomic E-state index is 10.1. The topological polar surface area (TPSA) is 42.4 Å². The zero-order chi connectivity index (χ0) is 13.1. The molecule has 3 rings (SSSR count). The first-order chi connectivity index (χ1) is 9.34. The number of rotatable bonds is 2. The van der Waals surface area contributed by atoms with Gasteiger partial charge in [-0.25, -0.2) is 0 Å². The fraction of sp³-hybridized carbons (Fsp3) is 0.438. The molecular formula is C16H19NO2. The molecule has 19 heavy (non-hydrogen) atoms. The van der Waals surface area contributed by atoms with Crippen LogP contribution in [-0.2, 0) is 0 Å². The Bertz CT molecular complexity index is 550. The first-order valence-electron chi connectivity index (χ1n) is 7.03. The van der Waals surface area contributed by atoms with E-state index in [1.54, 1.807) is 6.20 Å². The van der Waals surface area contributed by atoms with Gasteiger partial charge in [-0.2, -0.15) is 0 Å². The minimum Gasteiger partial charge on any atom is -0.487 e. The van der Waals surface area contributed by atoms with Gasteiger partial charge in [0.15, 0.2) is 0 Å². The maximum Gasteiger partial charge on any atom is 0.129 e. The summed E-state index contributed by atoms with van der Waals surface area (Å²) in [5.41, 5.74) is 0.933. The lowest BCUT2D eigenvalue weighted by molar-refractivity contribution is 0.0329. The Labute approximate surface area is 113 Å². The van der Waals surface area contributed by atoms with Crippen LogP contribution < -0.4 is 4.74 Å². The quantitative estimate of drug-likeness (QED) is 0.839. The Morgan fingerprint density at radius 2 is 1.95 bits per heavy atom. The molecule has 100 valence electrons. The van der Waals surface area contributed by atoms with Crippen molar-refractivity contribution >= 4 is 10.9 Å². The third kappa shape index (κ3) is 2.71. The normalized spacial score (nSPS) is 24.1. The number of aliphatic hydroxyl groups excluding tert-OH is 1. The van der Waals surface area contributed by atoms with Gasteiger partial charge in [0, 0.05) is 11.6 Å². The number of hydrogen-bond acceptors (Lipinski definition) is 3. The fourth-order valence-electron chi connectivity index (χ4n) is 2.73. The van der Waals surface area contributed by atoms with Crippen molar-refractivity contribution in [3.05, 3.63) is 36.5 Å². The number of hydrogen-bond donors (Lipinski definition) is 1. The van der Waals surface area contributed by atoms with Gasteiger partial charge in [-0.15, -0.1) is 0 Å². The van der Waals surface area contributed by atoms with E-state index >= 15 is 0 Å². The molecule has 0 saturated heterocycles. The zero-order valence-corrected chi connectivity index (χ0v) is 11.0. The highest BCUT2D eigenvalue weighted by molar-refractivity contribution is 5.84. The molecular weight excluding hydrogens is 238 g/mol. The average molecular weight is 257 g/mol. The number of aromatic nitrogens is 1. The third-order valence-corrected chi connectivity index (χ3v) is 3.80. The van der Waals surface area contributed by atoms with Crippen molar-refractivity contribution in [1.82, 2.24) is 4.98 Å². The molecule has 0 radical (unpaired) electrons. The second kappa shape index (κ2) is 5.57. The molecule has 1 N–H and O–H groups in total. The minimum absolute atomic E-state index is 0.0895. The summed E-state index contributed by atoms with van der Waals surface area (Å²) < 4.78 is 6.07. The Kier molecular flexibility index (Phi) is 3.65. The Morgan fingerprint density at radius 3 is 2.89 bits per heavy atom. The van der Waals surface area contributed by atoms with Crippen LogP contribution in [-0.4, -0.2) is 22.3 Å². The van der Waals surface area contributed by atoms with Gasteiger partial charge >= 0.3 is 0 Å². The van der Waals surface area contributed by atoms with Crippen molar-refractivity contribution in [1.29, 1.82) is 0 Å². The molecule has 2 unspecified atom stereocenters. The molecule has 1 aromatic carbocycles. The molecule has 0 aliphatic heterocycles. The Morgan fingerprint density at radius 1 is 1.05 bits per heavy atom. The molecule has 1 saturated carbocycles. The molecule has 3 heteroatoms. The van der Waals surface area contributed by atoms with Crippen molar-refractivity contribution in [2.24, 2.45) is 0 Å². The van der Waals surface area contributed by atoms with Gasteiger partial charge in [-0.1, -0.05) is 18.9 Å². The summed E-state index contributed by atoms with van der Waals surface area (Å²) in [5.74, 6) is 0.830. The van der Waals surface area contributed by atoms with E-state index in [9.17, 15) is 5.11 Å². The van der Waals surface area contributed by atoms with Gasteiger partial charge in [-0.05, 0) is 43.5 Å². The van der Waals surface area contributed by atoms with E-state index in [4.69, 9.17) is 4.74 Å². The number of pyridine rings is 1. The Balaban J connectivity index is 1.88. The standard InChI is InChI=1S/C16H19NO2/c18-14-8-2-1-3-9-16(14)19-15-10-4-7-13-12(15)6-5-11-17-13/h4-7,10-11,14,16,18H,1-3,8-9H2. The second-order valence-electron chi connectivity index (χ2n) is 5.19. The van der Waals surface area contributed by atoms with Crippen LogP contribution in [0.25, 0.3) is 10.9 Å². The second-order valence-corrected chi connectivity index (χ2v) is 5.19. The predicted octanol–water partition coefficient (Wildman–Crippen LogP) is 3.31. The van der Waals surface area contributed by atoms with Crippen molar-refractivity contribution in [2.45, 2.75) is 44.3 Å². The van der Waals surface area contributed by atoms with Crippen LogP contribution in [0.3, 0.4) is 0 Å². The molecule has 0 spiro atoms. The first-order valence-corrected chi connectivity index (χ1v) is 7.03. The summed E-state index contributed by atoms with van der Waals surface area (Å²) >= 11 is 0. The van der Waals surface area contributed by atoms with Crippen molar-refractivity contribution < 1.29 is 9.84 Å². The van der Waals surface area contributed by atoms with Gasteiger partial charge in [0.05, 0.1) is 11.6 Å². The number of benzene rings is 1. The van der Waals surface area contributed by atoms with E-state index in [0.29, 0.717) is 0 Å². The van der Waals surface area contributed by atoms with Crippen LogP contribution >= 0.6 is 0 Å². The van der Waals surface area contributed by atoms with Crippen LogP contribution in [0, 0.1) is 0 Å². The summed E-state index contributed by atoms with van der Waals surface area (Å²) in [7, 11) is 0. The number of ether oxygens (including phenoxy) is 1. The third-order valence-electron chi connectivity index (χ3n) is 3.80. The van der Waals surface area contributed by atoms with E-state index in [2.05, 4.69) is 4.98 Å². The monoisotopic (exact) mass is 257 g/mol. The van der Waals surface area contributed by atoms with Crippen molar-refractivity contribution in [2.75, 3.05) is 0 Å². The number of fused-ring (bicyclic) bond motifs is 1. The number of nitrogens with zero attached hydrogens (tertiary/aromatic N) is 1. The van der Waals surface area contributed by atoms with Crippen LogP contribution in [0.15, 0.2) is 36.5 Å². The van der Waals surface area contributed by atoms with E-state index in [0.717, 1.165) is 42.3 Å². The molecule has 1 aliphatic carbocycles. The zero-order valence-electron chi connectivity index (χ0n) is 11.0. The molecule has 1 fully saturated rings. The molecule has 0 bridgehead atoms. The van der Waals surface area contributed by atoms with E-state index < -0.39 is 0 Å². The molecule has 3 nitrogen and oxygen atoms in total. The van der Waals surface area contributed by atoms with E-state index in [-0.39, 0.29) is 12.2 Å². The first kappa shape index (κ1) is 12.4. The lowest BCUT2D eigenvalue weighted by Gasteiger charge is -2.22. The summed E-state index contributed by atoms with van der Waals surface area (Å²) in [5, 5.41) is 11.2. The van der Waals surface area contributed by atoms with Crippen molar-refractivity contribution in [3.63, 3.8) is 0 Å².